The number of nitrogens with one attached hydrogen (secondary N) is 1. The smallest absolute Gasteiger partial charge is 0.342 e. The fraction of sp³-hybridized carbons (Fsp3) is 0.100. The summed E-state index contributed by atoms with van der Waals surface area (Å²) in [5.74, 6) is -1.25. The van der Waals surface area contributed by atoms with Crippen LogP contribution in [0, 0.1) is 11.3 Å². The minimum atomic E-state index is -0.681. The number of nitriles is 1. The van der Waals surface area contributed by atoms with Crippen molar-refractivity contribution in [2.75, 3.05) is 6.61 Å². The Morgan fingerprint density at radius 3 is 2.21 bits per heavy atom. The molecule has 0 saturated carbocycles. The Kier molecular flexibility index (Phi) is 8.21. The first kappa shape index (κ1) is 25.8. The monoisotopic (exact) mass is 503 g/mol. The summed E-state index contributed by atoms with van der Waals surface area (Å²) in [5.41, 5.74) is 5.77. The van der Waals surface area contributed by atoms with Gasteiger partial charge >= 0.3 is 5.97 Å². The van der Waals surface area contributed by atoms with E-state index in [0.29, 0.717) is 11.3 Å². The number of hydrazone groups is 1. The number of esters is 1. The number of para-hydroxylation sites is 1. The zero-order valence-corrected chi connectivity index (χ0v) is 21.0. The Morgan fingerprint density at radius 1 is 1.00 bits per heavy atom. The molecule has 38 heavy (non-hydrogen) atoms. The summed E-state index contributed by atoms with van der Waals surface area (Å²) in [7, 11) is 0. The van der Waals surface area contributed by atoms with Crippen LogP contribution in [-0.2, 0) is 9.53 Å². The van der Waals surface area contributed by atoms with E-state index in [1.54, 1.807) is 30.7 Å². The fourth-order valence-electron chi connectivity index (χ4n) is 3.80. The summed E-state index contributed by atoms with van der Waals surface area (Å²) in [5, 5.41) is 18.4. The molecule has 188 valence electrons. The van der Waals surface area contributed by atoms with Crippen LogP contribution in [0.5, 0.6) is 0 Å². The van der Waals surface area contributed by atoms with Crippen LogP contribution in [0.25, 0.3) is 23.0 Å². The molecule has 0 bridgehead atoms. The van der Waals surface area contributed by atoms with Crippen LogP contribution in [0.3, 0.4) is 0 Å². The van der Waals surface area contributed by atoms with Crippen molar-refractivity contribution in [1.29, 1.82) is 5.26 Å². The molecule has 0 aliphatic rings. The molecule has 8 heteroatoms. The zero-order chi connectivity index (χ0) is 26.9. The van der Waals surface area contributed by atoms with E-state index in [0.717, 1.165) is 11.3 Å². The molecule has 8 nitrogen and oxygen atoms in total. The molecule has 4 aromatic rings. The predicted molar refractivity (Wildman–Crippen MR) is 145 cm³/mol. The Morgan fingerprint density at radius 2 is 1.61 bits per heavy atom. The van der Waals surface area contributed by atoms with Crippen LogP contribution in [0.1, 0.15) is 35.5 Å². The lowest BCUT2D eigenvalue weighted by atomic mass is 10.0. The summed E-state index contributed by atoms with van der Waals surface area (Å²) in [6, 6.07) is 29.7. The van der Waals surface area contributed by atoms with Crippen LogP contribution in [-0.4, -0.2) is 34.0 Å². The maximum Gasteiger partial charge on any atom is 0.342 e. The van der Waals surface area contributed by atoms with Crippen molar-refractivity contribution in [3.8, 4) is 23.0 Å². The van der Waals surface area contributed by atoms with E-state index in [1.165, 1.54) is 6.08 Å². The summed E-state index contributed by atoms with van der Waals surface area (Å²) in [6.45, 7) is 3.53. The van der Waals surface area contributed by atoms with E-state index in [9.17, 15) is 14.9 Å². The third kappa shape index (κ3) is 5.74. The zero-order valence-electron chi connectivity index (χ0n) is 21.0. The minimum absolute atomic E-state index is 0.113. The number of hydrogen-bond acceptors (Lipinski definition) is 6. The van der Waals surface area contributed by atoms with Gasteiger partial charge in [0.15, 0.2) is 0 Å². The molecule has 1 N–H and O–H groups in total. The second-order valence-corrected chi connectivity index (χ2v) is 8.12. The predicted octanol–water partition coefficient (Wildman–Crippen LogP) is 5.16. The van der Waals surface area contributed by atoms with Gasteiger partial charge in [0.2, 0.25) is 0 Å². The van der Waals surface area contributed by atoms with Crippen molar-refractivity contribution in [1.82, 2.24) is 15.2 Å². The molecule has 0 unspecified atom stereocenters. The summed E-state index contributed by atoms with van der Waals surface area (Å²) in [6.07, 6.45) is 1.47. The lowest BCUT2D eigenvalue weighted by Crippen LogP contribution is -2.21. The third-order valence-corrected chi connectivity index (χ3v) is 5.56. The molecule has 0 fully saturated rings. The number of aromatic nitrogens is 2. The van der Waals surface area contributed by atoms with Crippen molar-refractivity contribution in [2.45, 2.75) is 13.8 Å². The van der Waals surface area contributed by atoms with Crippen LogP contribution in [0.15, 0.2) is 102 Å². The van der Waals surface area contributed by atoms with E-state index >= 15 is 0 Å². The van der Waals surface area contributed by atoms with E-state index < -0.39 is 11.9 Å². The first-order valence-electron chi connectivity index (χ1n) is 12.0. The lowest BCUT2D eigenvalue weighted by Gasteiger charge is -2.10. The first-order chi connectivity index (χ1) is 18.5. The highest BCUT2D eigenvalue weighted by Crippen LogP contribution is 2.30. The molecule has 1 heterocycles. The molecule has 4 rings (SSSR count). The van der Waals surface area contributed by atoms with Gasteiger partial charge in [-0.2, -0.15) is 15.5 Å². The molecular weight excluding hydrogens is 478 g/mol. The molecule has 0 atom stereocenters. The van der Waals surface area contributed by atoms with Gasteiger partial charge in [-0.25, -0.2) is 14.9 Å². The summed E-state index contributed by atoms with van der Waals surface area (Å²) < 4.78 is 7.05. The minimum Gasteiger partial charge on any atom is -0.462 e. The third-order valence-electron chi connectivity index (χ3n) is 5.56. The Labute approximate surface area is 220 Å². The quantitative estimate of drug-likeness (QED) is 0.117. The normalized spacial score (nSPS) is 11.5. The molecule has 0 saturated heterocycles. The van der Waals surface area contributed by atoms with Gasteiger partial charge in [0.1, 0.15) is 22.9 Å². The number of carbonyl (C=O) groups is 2. The van der Waals surface area contributed by atoms with Gasteiger partial charge < -0.3 is 4.74 Å². The molecule has 0 radical (unpaired) electrons. The average molecular weight is 504 g/mol. The van der Waals surface area contributed by atoms with Crippen molar-refractivity contribution < 1.29 is 14.3 Å². The van der Waals surface area contributed by atoms with Crippen molar-refractivity contribution in [2.24, 2.45) is 5.10 Å². The van der Waals surface area contributed by atoms with Gasteiger partial charge in [0.25, 0.3) is 5.91 Å². The fourth-order valence-corrected chi connectivity index (χ4v) is 3.80. The van der Waals surface area contributed by atoms with Gasteiger partial charge in [0, 0.05) is 5.56 Å². The van der Waals surface area contributed by atoms with Crippen molar-refractivity contribution in [3.05, 3.63) is 113 Å². The largest absolute Gasteiger partial charge is 0.462 e. The van der Waals surface area contributed by atoms with Gasteiger partial charge in [-0.3, -0.25) is 4.79 Å². The summed E-state index contributed by atoms with van der Waals surface area (Å²) in [4.78, 5) is 26.0. The first-order valence-corrected chi connectivity index (χ1v) is 12.0. The standard InChI is InChI=1S/C30H25N5O3/c1-3-38-30(37)26-27(21(2)32-33-29(36)24(20-31)19-22-13-7-4-8-14-22)34-35(25-17-11-6-12-18-25)28(26)23-15-9-5-10-16-23/h4-19H,3H2,1-2H3,(H,33,36)/b24-19-,32-21+. The van der Waals surface area contributed by atoms with Crippen molar-refractivity contribution in [3.63, 3.8) is 0 Å². The Hall–Kier alpha value is -5.29. The highest BCUT2D eigenvalue weighted by atomic mass is 16.5. The number of amides is 1. The Bertz CT molecular complexity index is 1530. The number of rotatable bonds is 8. The van der Waals surface area contributed by atoms with Crippen LogP contribution in [0.4, 0.5) is 0 Å². The highest BCUT2D eigenvalue weighted by molar-refractivity contribution is 6.11. The summed E-state index contributed by atoms with van der Waals surface area (Å²) >= 11 is 0. The molecule has 0 aliphatic heterocycles. The number of nitrogens with zero attached hydrogens (tertiary/aromatic N) is 4. The number of hydrogen-bond donors (Lipinski definition) is 1. The average Bonchev–Trinajstić information content (AvgIpc) is 3.37. The van der Waals surface area contributed by atoms with Gasteiger partial charge in [0.05, 0.1) is 23.7 Å². The SMILES string of the molecule is CCOC(=O)c1c(/C(C)=N/NC(=O)/C(C#N)=C\c2ccccc2)nn(-c2ccccc2)c1-c1ccccc1. The Balaban J connectivity index is 1.79. The van der Waals surface area contributed by atoms with Gasteiger partial charge in [-0.15, -0.1) is 0 Å². The number of ether oxygens (including phenoxy) is 1. The van der Waals surface area contributed by atoms with E-state index in [2.05, 4.69) is 10.5 Å². The molecule has 0 aliphatic carbocycles. The maximum atomic E-state index is 13.2. The van der Waals surface area contributed by atoms with Gasteiger partial charge in [-0.05, 0) is 37.6 Å². The van der Waals surface area contributed by atoms with Crippen LogP contribution >= 0.6 is 0 Å². The van der Waals surface area contributed by atoms with E-state index in [-0.39, 0.29) is 29.1 Å². The van der Waals surface area contributed by atoms with Crippen molar-refractivity contribution >= 4 is 23.7 Å². The second-order valence-electron chi connectivity index (χ2n) is 8.12. The van der Waals surface area contributed by atoms with Gasteiger partial charge in [-0.1, -0.05) is 78.9 Å². The topological polar surface area (TPSA) is 109 Å². The highest BCUT2D eigenvalue weighted by Gasteiger charge is 2.28. The second kappa shape index (κ2) is 12.1. The number of carbonyl (C=O) groups excluding carboxylic acids is 2. The molecule has 0 spiro atoms. The van der Waals surface area contributed by atoms with E-state index in [1.807, 2.05) is 84.9 Å². The maximum absolute atomic E-state index is 13.2. The molecule has 1 aromatic heterocycles. The molecule has 3 aromatic carbocycles. The molecular formula is C30H25N5O3. The van der Waals surface area contributed by atoms with Crippen LogP contribution < -0.4 is 5.43 Å². The van der Waals surface area contributed by atoms with Crippen LogP contribution in [0.2, 0.25) is 0 Å². The van der Waals surface area contributed by atoms with E-state index in [4.69, 9.17) is 9.84 Å². The molecule has 1 amide bonds. The lowest BCUT2D eigenvalue weighted by molar-refractivity contribution is -0.117. The number of benzene rings is 3.